The average Bonchev–Trinajstić information content (AvgIpc) is 3.32. The van der Waals surface area contributed by atoms with Crippen LogP contribution in [0, 0.1) is 25.5 Å². The van der Waals surface area contributed by atoms with Crippen LogP contribution in [0.5, 0.6) is 5.75 Å². The molecule has 0 bridgehead atoms. The van der Waals surface area contributed by atoms with Crippen LogP contribution in [0.3, 0.4) is 0 Å². The zero-order valence-corrected chi connectivity index (χ0v) is 19.0. The summed E-state index contributed by atoms with van der Waals surface area (Å²) in [5.41, 5.74) is 1.81. The highest BCUT2D eigenvalue weighted by Crippen LogP contribution is 2.45. The quantitative estimate of drug-likeness (QED) is 0.297. The van der Waals surface area contributed by atoms with Gasteiger partial charge in [0.2, 0.25) is 0 Å². The predicted molar refractivity (Wildman–Crippen MR) is 123 cm³/mol. The second kappa shape index (κ2) is 8.78. The van der Waals surface area contributed by atoms with E-state index in [1.165, 1.54) is 17.4 Å². The van der Waals surface area contributed by atoms with Gasteiger partial charge in [0.05, 0.1) is 12.2 Å². The lowest BCUT2D eigenvalue weighted by Crippen LogP contribution is -2.29. The van der Waals surface area contributed by atoms with Gasteiger partial charge in [-0.3, -0.25) is 14.5 Å². The molecule has 0 aliphatic carbocycles. The Morgan fingerprint density at radius 3 is 2.42 bits per heavy atom. The summed E-state index contributed by atoms with van der Waals surface area (Å²) in [5.74, 6) is -3.74. The summed E-state index contributed by atoms with van der Waals surface area (Å²) in [4.78, 5) is 28.0. The number of aryl methyl sites for hydroxylation is 2. The van der Waals surface area contributed by atoms with Crippen LogP contribution in [-0.2, 0) is 9.59 Å². The summed E-state index contributed by atoms with van der Waals surface area (Å²) < 4.78 is 33.1. The molecule has 2 heterocycles. The predicted octanol–water partition coefficient (Wildman–Crippen LogP) is 5.67. The van der Waals surface area contributed by atoms with Crippen molar-refractivity contribution in [3.05, 3.63) is 86.6 Å². The van der Waals surface area contributed by atoms with Crippen LogP contribution >= 0.6 is 11.3 Å². The van der Waals surface area contributed by atoms with E-state index >= 15 is 0 Å². The van der Waals surface area contributed by atoms with Crippen LogP contribution in [0.25, 0.3) is 5.76 Å². The monoisotopic (exact) mass is 469 g/mol. The zero-order chi connectivity index (χ0) is 23.9. The first-order valence-electron chi connectivity index (χ1n) is 10.3. The van der Waals surface area contributed by atoms with Gasteiger partial charge in [0, 0.05) is 22.2 Å². The van der Waals surface area contributed by atoms with Crippen molar-refractivity contribution in [3.63, 3.8) is 0 Å². The Labute approximate surface area is 193 Å². The number of amides is 1. The van der Waals surface area contributed by atoms with E-state index in [0.717, 1.165) is 28.2 Å². The van der Waals surface area contributed by atoms with E-state index in [-0.39, 0.29) is 17.0 Å². The molecule has 2 aromatic carbocycles. The molecule has 4 rings (SSSR count). The van der Waals surface area contributed by atoms with Gasteiger partial charge in [0.1, 0.15) is 17.6 Å². The molecule has 170 valence electrons. The van der Waals surface area contributed by atoms with Crippen molar-refractivity contribution in [2.45, 2.75) is 26.8 Å². The smallest absolute Gasteiger partial charge is 0.300 e. The minimum Gasteiger partial charge on any atom is -0.507 e. The van der Waals surface area contributed by atoms with Crippen molar-refractivity contribution in [2.75, 3.05) is 11.5 Å². The molecular formula is C25H21F2NO4S. The van der Waals surface area contributed by atoms with Crippen LogP contribution in [-0.4, -0.2) is 23.4 Å². The number of aliphatic hydroxyl groups is 1. The third-order valence-corrected chi connectivity index (χ3v) is 6.60. The van der Waals surface area contributed by atoms with Gasteiger partial charge in [0.15, 0.2) is 11.6 Å². The second-order valence-electron chi connectivity index (χ2n) is 7.65. The van der Waals surface area contributed by atoms with Crippen molar-refractivity contribution in [2.24, 2.45) is 0 Å². The number of ketones is 1. The normalized spacial score (nSPS) is 17.6. The van der Waals surface area contributed by atoms with Crippen LogP contribution in [0.2, 0.25) is 0 Å². The zero-order valence-electron chi connectivity index (χ0n) is 18.2. The Balaban J connectivity index is 1.92. The Morgan fingerprint density at radius 1 is 1.06 bits per heavy atom. The summed E-state index contributed by atoms with van der Waals surface area (Å²) in [6.07, 6.45) is 0. The standard InChI is InChI=1S/C25H21F2NO4S/c1-4-32-19-8-5-15(11-14(19)3)22(29)20-21(24-13(2)9-10-33-24)28(25(31)23(20)30)16-6-7-17(26)18(27)12-16/h5-12,21,29H,4H2,1-3H3/b22-20-. The molecule has 1 atom stereocenters. The van der Waals surface area contributed by atoms with Crippen molar-refractivity contribution in [1.29, 1.82) is 0 Å². The number of carbonyl (C=O) groups excluding carboxylic acids is 2. The number of hydrogen-bond acceptors (Lipinski definition) is 5. The third-order valence-electron chi connectivity index (χ3n) is 5.52. The lowest BCUT2D eigenvalue weighted by atomic mass is 9.97. The van der Waals surface area contributed by atoms with E-state index in [0.29, 0.717) is 22.8 Å². The van der Waals surface area contributed by atoms with Gasteiger partial charge < -0.3 is 9.84 Å². The SMILES string of the molecule is CCOc1ccc(/C(O)=C2/C(=O)C(=O)N(c3ccc(F)c(F)c3)C2c2sccc2C)cc1C. The Morgan fingerprint density at radius 2 is 1.82 bits per heavy atom. The van der Waals surface area contributed by atoms with Crippen LogP contribution < -0.4 is 9.64 Å². The summed E-state index contributed by atoms with van der Waals surface area (Å²) >= 11 is 1.31. The number of halogens is 2. The Kier molecular flexibility index (Phi) is 6.03. The number of nitrogens with zero attached hydrogens (tertiary/aromatic N) is 1. The molecule has 33 heavy (non-hydrogen) atoms. The van der Waals surface area contributed by atoms with Crippen molar-refractivity contribution in [3.8, 4) is 5.75 Å². The molecule has 1 aromatic heterocycles. The number of hydrogen-bond donors (Lipinski definition) is 1. The molecule has 5 nitrogen and oxygen atoms in total. The van der Waals surface area contributed by atoms with E-state index in [9.17, 15) is 23.5 Å². The van der Waals surface area contributed by atoms with Crippen LogP contribution in [0.1, 0.15) is 34.5 Å². The van der Waals surface area contributed by atoms with Gasteiger partial charge in [-0.05, 0) is 73.7 Å². The molecule has 1 unspecified atom stereocenters. The van der Waals surface area contributed by atoms with Gasteiger partial charge >= 0.3 is 0 Å². The van der Waals surface area contributed by atoms with Gasteiger partial charge in [-0.25, -0.2) is 8.78 Å². The fourth-order valence-electron chi connectivity index (χ4n) is 3.92. The molecule has 8 heteroatoms. The highest BCUT2D eigenvalue weighted by Gasteiger charge is 2.48. The lowest BCUT2D eigenvalue weighted by Gasteiger charge is -2.25. The van der Waals surface area contributed by atoms with E-state index in [4.69, 9.17) is 4.74 Å². The van der Waals surface area contributed by atoms with E-state index < -0.39 is 29.4 Å². The minimum atomic E-state index is -1.14. The lowest BCUT2D eigenvalue weighted by molar-refractivity contribution is -0.132. The minimum absolute atomic E-state index is 0.0238. The molecular weight excluding hydrogens is 448 g/mol. The van der Waals surface area contributed by atoms with Crippen molar-refractivity contribution in [1.82, 2.24) is 0 Å². The number of Topliss-reactive ketones (excluding diaryl/α,β-unsaturated/α-hetero) is 1. The number of anilines is 1. The Hall–Kier alpha value is -3.52. The average molecular weight is 470 g/mol. The molecule has 0 saturated carbocycles. The van der Waals surface area contributed by atoms with E-state index in [2.05, 4.69) is 0 Å². The number of carbonyl (C=O) groups is 2. The molecule has 1 fully saturated rings. The fourth-order valence-corrected chi connectivity index (χ4v) is 4.94. The maximum atomic E-state index is 14.0. The van der Waals surface area contributed by atoms with E-state index in [1.54, 1.807) is 23.6 Å². The third kappa shape index (κ3) is 3.91. The van der Waals surface area contributed by atoms with Crippen molar-refractivity contribution < 1.29 is 28.2 Å². The topological polar surface area (TPSA) is 66.8 Å². The maximum absolute atomic E-state index is 14.0. The molecule has 1 amide bonds. The molecule has 3 aromatic rings. The number of thiophene rings is 1. The van der Waals surface area contributed by atoms with Crippen LogP contribution in [0.15, 0.2) is 53.4 Å². The first-order chi connectivity index (χ1) is 15.7. The number of aliphatic hydroxyl groups excluding tert-OH is 1. The van der Waals surface area contributed by atoms with Gasteiger partial charge in [-0.15, -0.1) is 11.3 Å². The number of benzene rings is 2. The number of rotatable bonds is 5. The molecule has 1 N–H and O–H groups in total. The van der Waals surface area contributed by atoms with Gasteiger partial charge in [-0.2, -0.15) is 0 Å². The first kappa shape index (κ1) is 22.7. The molecule has 0 spiro atoms. The van der Waals surface area contributed by atoms with E-state index in [1.807, 2.05) is 26.8 Å². The fraction of sp³-hybridized carbons (Fsp3) is 0.200. The Bertz CT molecular complexity index is 1300. The molecule has 0 radical (unpaired) electrons. The summed E-state index contributed by atoms with van der Waals surface area (Å²) in [6, 6.07) is 8.81. The molecule has 1 aliphatic heterocycles. The highest BCUT2D eigenvalue weighted by atomic mass is 32.1. The summed E-state index contributed by atoms with van der Waals surface area (Å²) in [5, 5.41) is 13.0. The first-order valence-corrected chi connectivity index (χ1v) is 11.2. The largest absolute Gasteiger partial charge is 0.507 e. The number of ether oxygens (including phenoxy) is 1. The highest BCUT2D eigenvalue weighted by molar-refractivity contribution is 7.10. The molecule has 1 saturated heterocycles. The second-order valence-corrected chi connectivity index (χ2v) is 8.60. The van der Waals surface area contributed by atoms with Crippen molar-refractivity contribution >= 4 is 34.5 Å². The van der Waals surface area contributed by atoms with Gasteiger partial charge in [-0.1, -0.05) is 0 Å². The molecule has 1 aliphatic rings. The summed E-state index contributed by atoms with van der Waals surface area (Å²) in [7, 11) is 0. The van der Waals surface area contributed by atoms with Crippen LogP contribution in [0.4, 0.5) is 14.5 Å². The van der Waals surface area contributed by atoms with Gasteiger partial charge in [0.25, 0.3) is 11.7 Å². The summed E-state index contributed by atoms with van der Waals surface area (Å²) in [6.45, 7) is 5.96. The maximum Gasteiger partial charge on any atom is 0.300 e.